The summed E-state index contributed by atoms with van der Waals surface area (Å²) in [5.41, 5.74) is 0. The lowest BCUT2D eigenvalue weighted by Gasteiger charge is -2.40. The van der Waals surface area contributed by atoms with E-state index in [9.17, 15) is 14.7 Å². The van der Waals surface area contributed by atoms with Crippen LogP contribution >= 0.6 is 11.5 Å². The van der Waals surface area contributed by atoms with Crippen molar-refractivity contribution in [2.45, 2.75) is 38.5 Å². The maximum Gasteiger partial charge on any atom is 0.233 e. The first-order chi connectivity index (χ1) is 18.1. The second kappa shape index (κ2) is 9.62. The van der Waals surface area contributed by atoms with Gasteiger partial charge in [-0.2, -0.15) is 4.37 Å². The number of carbonyl (C=O) groups excluding carboxylic acids is 2. The van der Waals surface area contributed by atoms with E-state index in [4.69, 9.17) is 4.37 Å². The fraction of sp³-hybridized carbons (Fsp3) is 0.690. The minimum atomic E-state index is -0.152. The van der Waals surface area contributed by atoms with E-state index < -0.39 is 0 Å². The number of fused-ring (bicyclic) bond motifs is 6. The Morgan fingerprint density at radius 1 is 0.892 bits per heavy atom. The van der Waals surface area contributed by atoms with Crippen LogP contribution in [0.25, 0.3) is 10.1 Å². The predicted molar refractivity (Wildman–Crippen MR) is 144 cm³/mol. The van der Waals surface area contributed by atoms with Crippen LogP contribution in [0.1, 0.15) is 38.5 Å². The molecular weight excluding hydrogens is 484 g/mol. The van der Waals surface area contributed by atoms with Crippen LogP contribution in [0.15, 0.2) is 24.3 Å². The zero-order valence-electron chi connectivity index (χ0n) is 21.5. The van der Waals surface area contributed by atoms with E-state index in [0.717, 1.165) is 57.8 Å². The highest BCUT2D eigenvalue weighted by molar-refractivity contribution is 7.13. The Morgan fingerprint density at radius 3 is 2.41 bits per heavy atom. The van der Waals surface area contributed by atoms with Crippen molar-refractivity contribution < 1.29 is 14.7 Å². The molecule has 2 aliphatic heterocycles. The maximum absolute atomic E-state index is 13.5. The maximum atomic E-state index is 13.5. The Morgan fingerprint density at radius 2 is 1.62 bits per heavy atom. The van der Waals surface area contributed by atoms with Gasteiger partial charge in [0.25, 0.3) is 0 Å². The number of aliphatic hydroxyl groups is 1. The summed E-state index contributed by atoms with van der Waals surface area (Å²) in [5.74, 6) is 2.75. The zero-order chi connectivity index (χ0) is 25.1. The Hall–Kier alpha value is -2.03. The molecule has 0 spiro atoms. The molecule has 37 heavy (non-hydrogen) atoms. The Bertz CT molecular complexity index is 1180. The van der Waals surface area contributed by atoms with Crippen LogP contribution in [0.5, 0.6) is 0 Å². The molecule has 1 unspecified atom stereocenters. The number of amides is 2. The van der Waals surface area contributed by atoms with Crippen LogP contribution in [-0.2, 0) is 9.59 Å². The fourth-order valence-corrected chi connectivity index (χ4v) is 9.41. The van der Waals surface area contributed by atoms with Gasteiger partial charge in [0.1, 0.15) is 5.82 Å². The minimum absolute atomic E-state index is 0.0778. The van der Waals surface area contributed by atoms with Crippen LogP contribution in [0.3, 0.4) is 0 Å². The second-order valence-electron chi connectivity index (χ2n) is 12.3. The number of benzene rings is 1. The van der Waals surface area contributed by atoms with E-state index in [2.05, 4.69) is 34.1 Å². The van der Waals surface area contributed by atoms with Gasteiger partial charge >= 0.3 is 0 Å². The molecule has 2 aromatic rings. The fourth-order valence-electron chi connectivity index (χ4n) is 8.62. The predicted octanol–water partition coefficient (Wildman–Crippen LogP) is 3.47. The van der Waals surface area contributed by atoms with Crippen LogP contribution in [0.4, 0.5) is 5.82 Å². The quantitative estimate of drug-likeness (QED) is 0.586. The van der Waals surface area contributed by atoms with Gasteiger partial charge in [0.05, 0.1) is 16.5 Å². The van der Waals surface area contributed by atoms with Crippen molar-refractivity contribution in [3.05, 3.63) is 24.3 Å². The van der Waals surface area contributed by atoms with Gasteiger partial charge in [-0.05, 0) is 78.9 Å². The number of likely N-dealkylation sites (tertiary alicyclic amines) is 1. The summed E-state index contributed by atoms with van der Waals surface area (Å²) >= 11 is 1.59. The first-order valence-electron chi connectivity index (χ1n) is 14.4. The summed E-state index contributed by atoms with van der Waals surface area (Å²) in [5, 5.41) is 11.0. The topological polar surface area (TPSA) is 77.0 Å². The monoisotopic (exact) mass is 522 g/mol. The standard InChI is InChI=1S/C29H38N4O3S/c34-17-21-13-20-14-23(21)26-25(20)28(35)33(29(26)36)16-19-6-2-1-5-18(19)15-31-9-11-32(12-10-31)27-22-7-3-4-8-24(22)37-30-27/h3-4,7-8,18-21,23,25-26,34H,1-2,5-6,9-17H2/t18-,19-,20-,21?,23-,25+,26-/m0/s1. The third kappa shape index (κ3) is 4.02. The number of carbonyl (C=O) groups is 2. The normalized spacial score (nSPS) is 36.2. The highest BCUT2D eigenvalue weighted by atomic mass is 32.1. The van der Waals surface area contributed by atoms with Crippen LogP contribution in [-0.4, -0.2) is 77.0 Å². The minimum Gasteiger partial charge on any atom is -0.396 e. The lowest BCUT2D eigenvalue weighted by atomic mass is 9.75. The molecule has 3 aliphatic carbocycles. The molecule has 1 aromatic carbocycles. The number of aliphatic hydroxyl groups excluding tert-OH is 1. The molecule has 5 fully saturated rings. The smallest absolute Gasteiger partial charge is 0.233 e. The number of rotatable bonds is 6. The number of anilines is 1. The molecule has 198 valence electrons. The summed E-state index contributed by atoms with van der Waals surface area (Å²) in [7, 11) is 0. The average Bonchev–Trinajstić information content (AvgIpc) is 3.69. The van der Waals surface area contributed by atoms with Gasteiger partial charge in [-0.1, -0.05) is 25.0 Å². The van der Waals surface area contributed by atoms with Crippen molar-refractivity contribution in [1.29, 1.82) is 0 Å². The van der Waals surface area contributed by atoms with E-state index in [1.54, 1.807) is 16.4 Å². The summed E-state index contributed by atoms with van der Waals surface area (Å²) in [4.78, 5) is 33.6. The molecule has 0 radical (unpaired) electrons. The van der Waals surface area contributed by atoms with E-state index >= 15 is 0 Å². The van der Waals surface area contributed by atoms with Crippen LogP contribution in [0.2, 0.25) is 0 Å². The Kier molecular flexibility index (Phi) is 6.25. The molecule has 5 aliphatic rings. The van der Waals surface area contributed by atoms with E-state index in [-0.39, 0.29) is 42.1 Å². The molecule has 3 saturated carbocycles. The van der Waals surface area contributed by atoms with Crippen molar-refractivity contribution in [2.75, 3.05) is 50.8 Å². The van der Waals surface area contributed by atoms with Gasteiger partial charge < -0.3 is 10.0 Å². The van der Waals surface area contributed by atoms with Crippen molar-refractivity contribution in [3.8, 4) is 0 Å². The van der Waals surface area contributed by atoms with Gasteiger partial charge in [-0.3, -0.25) is 19.4 Å². The van der Waals surface area contributed by atoms with Gasteiger partial charge in [-0.15, -0.1) is 0 Å². The third-order valence-electron chi connectivity index (χ3n) is 10.5. The molecule has 2 saturated heterocycles. The average molecular weight is 523 g/mol. The van der Waals surface area contributed by atoms with E-state index in [0.29, 0.717) is 24.3 Å². The Balaban J connectivity index is 0.985. The molecule has 2 bridgehead atoms. The molecule has 2 amide bonds. The lowest BCUT2D eigenvalue weighted by Crippen LogP contribution is -2.49. The van der Waals surface area contributed by atoms with Crippen molar-refractivity contribution in [1.82, 2.24) is 14.2 Å². The molecule has 3 heterocycles. The first-order valence-corrected chi connectivity index (χ1v) is 15.2. The largest absolute Gasteiger partial charge is 0.396 e. The van der Waals surface area contributed by atoms with Crippen molar-refractivity contribution in [2.24, 2.45) is 41.4 Å². The highest BCUT2D eigenvalue weighted by Gasteiger charge is 2.63. The van der Waals surface area contributed by atoms with Crippen LogP contribution in [0, 0.1) is 41.4 Å². The van der Waals surface area contributed by atoms with Gasteiger partial charge in [0.2, 0.25) is 11.8 Å². The molecule has 8 heteroatoms. The van der Waals surface area contributed by atoms with Crippen molar-refractivity contribution >= 4 is 39.3 Å². The highest BCUT2D eigenvalue weighted by Crippen LogP contribution is 2.58. The van der Waals surface area contributed by atoms with E-state index in [1.165, 1.54) is 29.3 Å². The first kappa shape index (κ1) is 24.0. The molecule has 7 atom stereocenters. The lowest BCUT2D eigenvalue weighted by molar-refractivity contribution is -0.142. The zero-order valence-corrected chi connectivity index (χ0v) is 22.3. The molecule has 1 aromatic heterocycles. The van der Waals surface area contributed by atoms with Crippen molar-refractivity contribution in [3.63, 3.8) is 0 Å². The SMILES string of the molecule is O=C1[C@@H]2[C@H]3CC(CO)[C@H](C3)[C@@H]2C(=O)N1C[C@@H]1CCCC[C@H]1CN1CCN(c2nsc3ccccc23)CC1. The molecule has 7 rings (SSSR count). The number of imide groups is 1. The number of hydrogen-bond donors (Lipinski definition) is 1. The number of nitrogens with zero attached hydrogens (tertiary/aromatic N) is 4. The second-order valence-corrected chi connectivity index (χ2v) is 13.1. The number of hydrogen-bond acceptors (Lipinski definition) is 7. The number of aromatic nitrogens is 1. The molecule has 7 nitrogen and oxygen atoms in total. The third-order valence-corrected chi connectivity index (χ3v) is 11.3. The van der Waals surface area contributed by atoms with E-state index in [1.807, 2.05) is 0 Å². The number of piperazine rings is 1. The molecule has 1 N–H and O–H groups in total. The van der Waals surface area contributed by atoms with Crippen LogP contribution < -0.4 is 4.90 Å². The van der Waals surface area contributed by atoms with Gasteiger partial charge in [-0.25, -0.2) is 0 Å². The summed E-state index contributed by atoms with van der Waals surface area (Å²) in [6, 6.07) is 8.50. The van der Waals surface area contributed by atoms with Gasteiger partial charge in [0.15, 0.2) is 0 Å². The summed E-state index contributed by atoms with van der Waals surface area (Å²) in [6.07, 6.45) is 6.65. The Labute approximate surface area is 223 Å². The van der Waals surface area contributed by atoms with Gasteiger partial charge in [0, 0.05) is 51.3 Å². The molecular formula is C29H38N4O3S. The summed E-state index contributed by atoms with van der Waals surface area (Å²) in [6.45, 7) is 5.89. The summed E-state index contributed by atoms with van der Waals surface area (Å²) < 4.78 is 6.01.